The second kappa shape index (κ2) is 7.41. The summed E-state index contributed by atoms with van der Waals surface area (Å²) >= 11 is 0. The number of phenolic OH excluding ortho intramolecular Hbond substituents is 1. The number of nitrogens with two attached hydrogens (primary N) is 1. The molecule has 1 aromatic carbocycles. The van der Waals surface area contributed by atoms with Gasteiger partial charge in [-0.05, 0) is 55.9 Å². The maximum atomic E-state index is 13.6. The van der Waals surface area contributed by atoms with E-state index in [1.54, 1.807) is 20.2 Å². The van der Waals surface area contributed by atoms with Crippen LogP contribution in [0.1, 0.15) is 23.1 Å². The molecular formula is C23H23N3O7. The molecular weight excluding hydrogens is 430 g/mol. The molecule has 3 aliphatic carbocycles. The largest absolute Gasteiger partial charge is 0.508 e. The van der Waals surface area contributed by atoms with Crippen LogP contribution in [0.4, 0.5) is 0 Å². The van der Waals surface area contributed by atoms with Crippen LogP contribution >= 0.6 is 0 Å². The summed E-state index contributed by atoms with van der Waals surface area (Å²) in [6.07, 6.45) is 1.53. The smallest absolute Gasteiger partial charge is 0.255 e. The minimum atomic E-state index is -2.66. The summed E-state index contributed by atoms with van der Waals surface area (Å²) in [5.41, 5.74) is 2.54. The van der Waals surface area contributed by atoms with Crippen molar-refractivity contribution >= 4 is 35.2 Å². The zero-order valence-corrected chi connectivity index (χ0v) is 17.9. The van der Waals surface area contributed by atoms with Crippen LogP contribution in [0.3, 0.4) is 0 Å². The Morgan fingerprint density at radius 3 is 2.52 bits per heavy atom. The molecule has 10 nitrogen and oxygen atoms in total. The molecule has 33 heavy (non-hydrogen) atoms. The Morgan fingerprint density at radius 1 is 1.27 bits per heavy atom. The van der Waals surface area contributed by atoms with E-state index in [0.29, 0.717) is 11.1 Å². The van der Waals surface area contributed by atoms with Crippen molar-refractivity contribution in [2.24, 2.45) is 17.6 Å². The molecule has 0 aliphatic heterocycles. The van der Waals surface area contributed by atoms with Crippen LogP contribution in [-0.2, 0) is 20.8 Å². The highest BCUT2D eigenvalue weighted by molar-refractivity contribution is 6.24. The lowest BCUT2D eigenvalue weighted by atomic mass is 9.57. The topological polar surface area (TPSA) is 185 Å². The van der Waals surface area contributed by atoms with Gasteiger partial charge in [0.25, 0.3) is 5.91 Å². The molecule has 1 fully saturated rings. The van der Waals surface area contributed by atoms with Crippen molar-refractivity contribution < 1.29 is 34.8 Å². The number of aliphatic hydroxyl groups excluding tert-OH is 2. The Balaban J connectivity index is 2.00. The minimum Gasteiger partial charge on any atom is -0.508 e. The number of ketones is 2. The lowest BCUT2D eigenvalue weighted by molar-refractivity contribution is -0.153. The van der Waals surface area contributed by atoms with Crippen LogP contribution in [-0.4, -0.2) is 74.4 Å². The van der Waals surface area contributed by atoms with E-state index in [-0.39, 0.29) is 29.7 Å². The van der Waals surface area contributed by atoms with E-state index < -0.39 is 58.0 Å². The fourth-order valence-electron chi connectivity index (χ4n) is 5.48. The second-order valence-corrected chi connectivity index (χ2v) is 8.78. The lowest BCUT2D eigenvalue weighted by Gasteiger charge is -2.50. The van der Waals surface area contributed by atoms with Gasteiger partial charge in [0.15, 0.2) is 11.4 Å². The molecule has 7 N–H and O–H groups in total. The molecule has 1 amide bonds. The SMILES string of the molecule is CN(C)[C@@H]1C(=O)C(C(N)=O)=C(O)[C@@]2(O)C(=O)C3=C(O)c4c(O)ccc(C=C=N)c4C[C@H]3C[C@@H]12. The number of hydrogen-bond donors (Lipinski definition) is 6. The van der Waals surface area contributed by atoms with Gasteiger partial charge in [0.2, 0.25) is 5.78 Å². The van der Waals surface area contributed by atoms with Crippen LogP contribution in [0.25, 0.3) is 11.8 Å². The first-order chi connectivity index (χ1) is 15.5. The molecule has 0 aromatic heterocycles. The van der Waals surface area contributed by atoms with Crippen molar-refractivity contribution in [1.29, 1.82) is 5.41 Å². The van der Waals surface area contributed by atoms with Gasteiger partial charge in [-0.25, -0.2) is 0 Å². The van der Waals surface area contributed by atoms with Gasteiger partial charge in [-0.1, -0.05) is 6.07 Å². The predicted molar refractivity (Wildman–Crippen MR) is 116 cm³/mol. The van der Waals surface area contributed by atoms with Gasteiger partial charge >= 0.3 is 0 Å². The number of benzene rings is 1. The van der Waals surface area contributed by atoms with Gasteiger partial charge in [-0.2, -0.15) is 0 Å². The van der Waals surface area contributed by atoms with E-state index in [9.17, 15) is 34.8 Å². The van der Waals surface area contributed by atoms with Gasteiger partial charge in [0.1, 0.15) is 22.8 Å². The number of phenols is 1. The molecule has 1 aromatic rings. The van der Waals surface area contributed by atoms with Crippen LogP contribution < -0.4 is 5.73 Å². The fraction of sp³-hybridized carbons (Fsp3) is 0.348. The van der Waals surface area contributed by atoms with Crippen molar-refractivity contribution in [2.75, 3.05) is 14.1 Å². The summed E-state index contributed by atoms with van der Waals surface area (Å²) in [7, 11) is 3.08. The van der Waals surface area contributed by atoms with Gasteiger partial charge in [-0.15, -0.1) is 0 Å². The number of aliphatic hydroxyl groups is 3. The average Bonchev–Trinajstić information content (AvgIpc) is 2.72. The monoisotopic (exact) mass is 453 g/mol. The highest BCUT2D eigenvalue weighted by Crippen LogP contribution is 2.52. The third kappa shape index (κ3) is 2.88. The Kier molecular flexibility index (Phi) is 5.05. The van der Waals surface area contributed by atoms with Gasteiger partial charge in [0, 0.05) is 17.6 Å². The average molecular weight is 453 g/mol. The number of rotatable bonds is 3. The Hall–Kier alpha value is -3.72. The van der Waals surface area contributed by atoms with E-state index in [2.05, 4.69) is 5.87 Å². The number of amides is 1. The summed E-state index contributed by atoms with van der Waals surface area (Å²) in [6, 6.07) is 1.72. The molecule has 0 saturated heterocycles. The normalized spacial score (nSPS) is 28.8. The quantitative estimate of drug-likeness (QED) is 0.277. The molecule has 0 heterocycles. The van der Waals surface area contributed by atoms with E-state index >= 15 is 0 Å². The molecule has 0 unspecified atom stereocenters. The number of nitrogens with one attached hydrogen (secondary N) is 1. The zero-order valence-electron chi connectivity index (χ0n) is 17.9. The number of carbonyl (C=O) groups excluding carboxylic acids is 3. The zero-order chi connectivity index (χ0) is 24.4. The maximum Gasteiger partial charge on any atom is 0.255 e. The van der Waals surface area contributed by atoms with Crippen molar-refractivity contribution in [1.82, 2.24) is 4.90 Å². The molecule has 0 radical (unpaired) electrons. The van der Waals surface area contributed by atoms with Crippen molar-refractivity contribution in [3.8, 4) is 5.75 Å². The van der Waals surface area contributed by atoms with E-state index in [0.717, 1.165) is 0 Å². The summed E-state index contributed by atoms with van der Waals surface area (Å²) in [5, 5.41) is 50.9. The summed E-state index contributed by atoms with van der Waals surface area (Å²) in [4.78, 5) is 40.0. The highest BCUT2D eigenvalue weighted by Gasteiger charge is 2.64. The second-order valence-electron chi connectivity index (χ2n) is 8.78. The Bertz CT molecular complexity index is 1240. The van der Waals surface area contributed by atoms with E-state index in [4.69, 9.17) is 11.1 Å². The number of nitrogens with zero attached hydrogens (tertiary/aromatic N) is 1. The minimum absolute atomic E-state index is 0.00909. The highest BCUT2D eigenvalue weighted by atomic mass is 16.3. The molecule has 172 valence electrons. The van der Waals surface area contributed by atoms with Crippen molar-refractivity contribution in [3.63, 3.8) is 0 Å². The predicted octanol–water partition coefficient (Wildman–Crippen LogP) is 0.226. The molecule has 3 aliphatic rings. The number of Topliss-reactive ketones (excluding diaryl/α,β-unsaturated/α-hetero) is 2. The maximum absolute atomic E-state index is 13.6. The molecule has 0 bridgehead atoms. The van der Waals surface area contributed by atoms with Crippen LogP contribution in [0.15, 0.2) is 29.0 Å². The molecule has 4 atom stereocenters. The molecule has 1 saturated carbocycles. The number of likely N-dealkylation sites (N-methyl/N-ethyl adjacent to an activating group) is 1. The summed E-state index contributed by atoms with van der Waals surface area (Å²) in [6.45, 7) is 0. The number of aromatic hydroxyl groups is 1. The summed E-state index contributed by atoms with van der Waals surface area (Å²) in [5.74, 6) is -4.77. The number of fused-ring (bicyclic) bond motifs is 3. The van der Waals surface area contributed by atoms with Crippen LogP contribution in [0.5, 0.6) is 5.75 Å². The Labute approximate surface area is 188 Å². The van der Waals surface area contributed by atoms with Crippen LogP contribution in [0, 0.1) is 17.2 Å². The van der Waals surface area contributed by atoms with Crippen LogP contribution in [0.2, 0.25) is 0 Å². The van der Waals surface area contributed by atoms with Crippen molar-refractivity contribution in [2.45, 2.75) is 24.5 Å². The first-order valence-electron chi connectivity index (χ1n) is 10.2. The molecule has 4 rings (SSSR count). The van der Waals surface area contributed by atoms with E-state index in [1.165, 1.54) is 17.0 Å². The third-order valence-electron chi connectivity index (χ3n) is 6.87. The number of hydrogen-bond acceptors (Lipinski definition) is 9. The first-order valence-corrected chi connectivity index (χ1v) is 10.2. The standard InChI is InChI=1S/C23H23N3O7/c1-26(2)17-12-8-10-7-11-9(5-6-24)3-4-13(27)15(11)18(28)14(10)20(30)23(12,33)21(31)16(19(17)29)22(25)32/h3-5,10,12,17,24,27-28,31,33H,7-8H2,1-2H3,(H2,25,32)/t10-,12-,17-,23-/m0/s1. The lowest BCUT2D eigenvalue weighted by Crippen LogP contribution is -2.65. The van der Waals surface area contributed by atoms with Gasteiger partial charge < -0.3 is 26.2 Å². The van der Waals surface area contributed by atoms with Crippen molar-refractivity contribution in [3.05, 3.63) is 45.7 Å². The summed E-state index contributed by atoms with van der Waals surface area (Å²) < 4.78 is 0. The Morgan fingerprint density at radius 2 is 1.94 bits per heavy atom. The number of primary amides is 1. The molecule has 10 heteroatoms. The fourth-order valence-corrected chi connectivity index (χ4v) is 5.48. The van der Waals surface area contributed by atoms with E-state index in [1.807, 2.05) is 0 Å². The molecule has 0 spiro atoms. The first kappa shape index (κ1) is 22.5. The van der Waals surface area contributed by atoms with Gasteiger partial charge in [0.05, 0.1) is 11.6 Å². The number of carbonyl (C=O) groups is 3. The van der Waals surface area contributed by atoms with Gasteiger partial charge in [-0.3, -0.25) is 24.7 Å². The third-order valence-corrected chi connectivity index (χ3v) is 6.87.